The predicted octanol–water partition coefficient (Wildman–Crippen LogP) is 4.70. The topological polar surface area (TPSA) is 99.8 Å². The van der Waals surface area contributed by atoms with Crippen LogP contribution in [0.15, 0.2) is 18.0 Å². The Morgan fingerprint density at radius 3 is 2.21 bits per heavy atom. The third kappa shape index (κ3) is 4.88. The largest absolute Gasteiger partial charge is 2.00 e. The molecule has 0 amide bonds. The quantitative estimate of drug-likeness (QED) is 0.251. The minimum Gasteiger partial charge on any atom is -0.664 e. The molecule has 1 fully saturated rings. The fourth-order valence-corrected chi connectivity index (χ4v) is 6.38. The van der Waals surface area contributed by atoms with Crippen LogP contribution < -0.4 is 25.7 Å². The maximum Gasteiger partial charge on any atom is 2.00 e. The SMILES string of the molecule is C=Cc1c2[n-]c(c1C)/C=C1\[N-]/C(=C3\c4[n-]c(c(C)c4C(=O)[C@@H]3C(=O)OC)/C=c3\[n-]/c(c(C)c3CC)=C\2)[C@@H](C)[C@@H]1C.CC.[Mg+2]. The molecule has 220 valence electrons. The van der Waals surface area contributed by atoms with Crippen LogP contribution in [0.2, 0.25) is 0 Å². The van der Waals surface area contributed by atoms with Crippen molar-refractivity contribution in [2.45, 2.75) is 61.8 Å². The van der Waals surface area contributed by atoms with Crippen LogP contribution in [-0.4, -0.2) is 41.9 Å². The minimum absolute atomic E-state index is 0. The van der Waals surface area contributed by atoms with Gasteiger partial charge in [0.15, 0.2) is 5.78 Å². The third-order valence-corrected chi connectivity index (χ3v) is 8.97. The summed E-state index contributed by atoms with van der Waals surface area (Å²) in [4.78, 5) is 41.8. The number of carbonyl (C=O) groups excluding carboxylic acids is 2. The molecule has 1 saturated heterocycles. The number of hydrogen-bond acceptors (Lipinski definition) is 3. The van der Waals surface area contributed by atoms with E-state index in [0.29, 0.717) is 28.2 Å². The van der Waals surface area contributed by atoms with E-state index in [9.17, 15) is 9.59 Å². The molecule has 6 rings (SSSR count). The van der Waals surface area contributed by atoms with Crippen LogP contribution in [0.4, 0.5) is 0 Å². The summed E-state index contributed by atoms with van der Waals surface area (Å²) in [6, 6.07) is 0. The molecule has 2 aliphatic heterocycles. The molecule has 0 aromatic carbocycles. The van der Waals surface area contributed by atoms with Gasteiger partial charge in [0.2, 0.25) is 0 Å². The molecule has 0 N–H and O–H groups in total. The normalized spacial score (nSPS) is 24.3. The zero-order valence-corrected chi connectivity index (χ0v) is 28.1. The van der Waals surface area contributed by atoms with Crippen molar-refractivity contribution in [2.75, 3.05) is 7.11 Å². The van der Waals surface area contributed by atoms with Gasteiger partial charge in [-0.1, -0.05) is 93.3 Å². The van der Waals surface area contributed by atoms with Gasteiger partial charge in [-0.15, -0.1) is 33.5 Å². The van der Waals surface area contributed by atoms with Gasteiger partial charge < -0.3 is 25.0 Å². The Kier molecular flexibility index (Phi) is 9.23. The Morgan fingerprint density at radius 2 is 1.58 bits per heavy atom. The molecule has 3 atom stereocenters. The number of esters is 1. The average Bonchev–Trinajstić information content (AvgIpc) is 3.71. The monoisotopic (exact) mass is 586 g/mol. The van der Waals surface area contributed by atoms with Gasteiger partial charge >= 0.3 is 29.0 Å². The number of methoxy groups -OCH3 is 1. The number of Topliss-reactive ketones (excluding diaryl/α,β-unsaturated/α-hetero) is 1. The zero-order valence-electron chi connectivity index (χ0n) is 26.7. The molecule has 8 bridgehead atoms. The van der Waals surface area contributed by atoms with Gasteiger partial charge in [-0.25, -0.2) is 0 Å². The maximum absolute atomic E-state index is 13.8. The van der Waals surface area contributed by atoms with E-state index in [-0.39, 0.29) is 40.7 Å². The second-order valence-electron chi connectivity index (χ2n) is 11.0. The number of nitrogens with zero attached hydrogens (tertiary/aromatic N) is 4. The molecule has 0 saturated carbocycles. The molecule has 3 aromatic heterocycles. The van der Waals surface area contributed by atoms with Crippen LogP contribution in [0.1, 0.15) is 95.6 Å². The first-order valence-electron chi connectivity index (χ1n) is 14.7. The summed E-state index contributed by atoms with van der Waals surface area (Å²) < 4.78 is 5.11. The summed E-state index contributed by atoms with van der Waals surface area (Å²) in [6.45, 7) is 20.4. The average molecular weight is 587 g/mol. The second-order valence-corrected chi connectivity index (χ2v) is 11.0. The number of allylic oxidation sites excluding steroid dienone is 2. The number of ketones is 1. The van der Waals surface area contributed by atoms with Gasteiger partial charge in [-0.3, -0.25) is 9.59 Å². The summed E-state index contributed by atoms with van der Waals surface area (Å²) in [5.41, 5.74) is 10.4. The van der Waals surface area contributed by atoms with Crippen molar-refractivity contribution in [3.8, 4) is 0 Å². The molecule has 8 heteroatoms. The van der Waals surface area contributed by atoms with Gasteiger partial charge in [-0.05, 0) is 44.6 Å². The fraction of sp³-hybridized carbons (Fsp3) is 0.371. The molecular weight excluding hydrogens is 549 g/mol. The van der Waals surface area contributed by atoms with E-state index >= 15 is 0 Å². The van der Waals surface area contributed by atoms with Crippen LogP contribution in [-0.2, 0) is 16.0 Å². The van der Waals surface area contributed by atoms with E-state index in [1.807, 2.05) is 52.0 Å². The number of hydrogen-bond donors (Lipinski definition) is 0. The van der Waals surface area contributed by atoms with Gasteiger partial charge in [0.05, 0.1) is 7.11 Å². The Bertz CT molecular complexity index is 1830. The van der Waals surface area contributed by atoms with Crippen LogP contribution in [0.5, 0.6) is 0 Å². The fourth-order valence-electron chi connectivity index (χ4n) is 6.38. The van der Waals surface area contributed by atoms with Crippen molar-refractivity contribution in [3.05, 3.63) is 90.1 Å². The Hall–Kier alpha value is -3.49. The second kappa shape index (κ2) is 12.2. The van der Waals surface area contributed by atoms with Crippen LogP contribution in [0, 0.1) is 38.5 Å². The van der Waals surface area contributed by atoms with Crippen molar-refractivity contribution in [1.82, 2.24) is 15.0 Å². The van der Waals surface area contributed by atoms with E-state index in [1.165, 1.54) is 7.11 Å². The van der Waals surface area contributed by atoms with Gasteiger partial charge in [-0.2, -0.15) is 11.4 Å². The van der Waals surface area contributed by atoms with Gasteiger partial charge in [0.25, 0.3) is 0 Å². The third-order valence-electron chi connectivity index (χ3n) is 8.97. The maximum atomic E-state index is 13.8. The Labute approximate surface area is 269 Å². The van der Waals surface area contributed by atoms with Crippen molar-refractivity contribution < 1.29 is 14.3 Å². The zero-order chi connectivity index (χ0) is 30.6. The molecule has 5 heterocycles. The molecular formula is C35H38MgN4O3-2. The van der Waals surface area contributed by atoms with Crippen LogP contribution in [0.3, 0.4) is 0 Å². The molecule has 0 spiro atoms. The molecule has 43 heavy (non-hydrogen) atoms. The van der Waals surface area contributed by atoms with Crippen molar-refractivity contribution >= 4 is 64.7 Å². The predicted molar refractivity (Wildman–Crippen MR) is 173 cm³/mol. The van der Waals surface area contributed by atoms with Crippen LogP contribution in [0.25, 0.3) is 35.2 Å². The van der Waals surface area contributed by atoms with Crippen molar-refractivity contribution in [2.24, 2.45) is 17.8 Å². The number of carbonyl (C=O) groups is 2. The smallest absolute Gasteiger partial charge is 0.664 e. The summed E-state index contributed by atoms with van der Waals surface area (Å²) in [7, 11) is 1.31. The van der Waals surface area contributed by atoms with E-state index in [4.69, 9.17) is 25.0 Å². The standard InChI is InChI=1S/C33H33N4O3.C2H6.Mg/c1-9-19-16(5)22-11-21-14(3)15(4)30(36-21)28-29(33(39)40-8)32(38)27-18(7)24(37-31(27)28)13-26-20(10-2)17(6)23(35-26)12-25(19)34-22;1-2;/h9,11-15,29H,1,10H2,2-8H3,(H-,36,37,38);1-2H3;/q-3;;+2/p-1/b21-11-,23-12-,26-13-;;/t14-,15-,29+;;/m0../s1. The first kappa shape index (κ1) is 32.4. The summed E-state index contributed by atoms with van der Waals surface area (Å²) in [5, 5.41) is 6.73. The van der Waals surface area contributed by atoms with Crippen molar-refractivity contribution in [3.63, 3.8) is 0 Å². The van der Waals surface area contributed by atoms with E-state index < -0.39 is 11.9 Å². The van der Waals surface area contributed by atoms with Crippen LogP contribution >= 0.6 is 0 Å². The van der Waals surface area contributed by atoms with E-state index in [1.54, 1.807) is 0 Å². The van der Waals surface area contributed by atoms with E-state index in [0.717, 1.165) is 62.0 Å². The van der Waals surface area contributed by atoms with Gasteiger partial charge in [0, 0.05) is 5.56 Å². The molecule has 1 aliphatic carbocycles. The molecule has 3 aliphatic rings. The molecule has 0 unspecified atom stereocenters. The van der Waals surface area contributed by atoms with Gasteiger partial charge in [0.1, 0.15) is 5.92 Å². The Balaban J connectivity index is 0.00000138. The number of aromatic nitrogens is 3. The first-order chi connectivity index (χ1) is 20.1. The summed E-state index contributed by atoms with van der Waals surface area (Å²) >= 11 is 0. The Morgan fingerprint density at radius 1 is 0.930 bits per heavy atom. The molecule has 3 aromatic rings. The molecule has 7 nitrogen and oxygen atoms in total. The summed E-state index contributed by atoms with van der Waals surface area (Å²) in [5.74, 6) is -1.95. The number of fused-ring (bicyclic) bond motifs is 7. The molecule has 0 radical (unpaired) electrons. The minimum atomic E-state index is -1.08. The van der Waals surface area contributed by atoms with Crippen molar-refractivity contribution in [1.29, 1.82) is 0 Å². The first-order valence-corrected chi connectivity index (χ1v) is 14.7. The number of ether oxygens (including phenoxy) is 1. The number of rotatable bonds is 3. The summed E-state index contributed by atoms with van der Waals surface area (Å²) in [6.07, 6.45) is 8.64. The van der Waals surface area contributed by atoms with E-state index in [2.05, 4.69) is 34.3 Å².